The molecule has 0 amide bonds. The Labute approximate surface area is 100 Å². The molecule has 2 rings (SSSR count). The van der Waals surface area contributed by atoms with E-state index in [1.165, 1.54) is 16.0 Å². The van der Waals surface area contributed by atoms with Gasteiger partial charge in [-0.1, -0.05) is 31.2 Å². The van der Waals surface area contributed by atoms with E-state index >= 15 is 0 Å². The highest BCUT2D eigenvalue weighted by Gasteiger charge is 2.06. The van der Waals surface area contributed by atoms with Gasteiger partial charge >= 0.3 is 0 Å². The van der Waals surface area contributed by atoms with Crippen LogP contribution in [0.4, 0.5) is 0 Å². The van der Waals surface area contributed by atoms with Crippen molar-refractivity contribution in [3.05, 3.63) is 40.9 Å². The lowest BCUT2D eigenvalue weighted by Gasteiger charge is -2.00. The summed E-state index contributed by atoms with van der Waals surface area (Å²) in [5.74, 6) is 0. The third-order valence-corrected chi connectivity index (χ3v) is 3.51. The monoisotopic (exact) mass is 232 g/mol. The second-order valence-electron chi connectivity index (χ2n) is 3.73. The van der Waals surface area contributed by atoms with Crippen molar-refractivity contribution in [1.29, 1.82) is 0 Å². The molecule has 16 heavy (non-hydrogen) atoms. The van der Waals surface area contributed by atoms with E-state index in [0.29, 0.717) is 0 Å². The third kappa shape index (κ3) is 2.49. The minimum Gasteiger partial charge on any atom is -0.312 e. The van der Waals surface area contributed by atoms with Crippen molar-refractivity contribution in [2.24, 2.45) is 0 Å². The molecule has 84 valence electrons. The number of rotatable bonds is 4. The molecule has 0 spiro atoms. The second-order valence-corrected chi connectivity index (χ2v) is 4.84. The zero-order chi connectivity index (χ0) is 11.4. The Morgan fingerprint density at radius 3 is 2.88 bits per heavy atom. The topological polar surface area (TPSA) is 24.9 Å². The van der Waals surface area contributed by atoms with Gasteiger partial charge in [0.1, 0.15) is 5.01 Å². The summed E-state index contributed by atoms with van der Waals surface area (Å²) in [5, 5.41) is 4.43. The Kier molecular flexibility index (Phi) is 3.70. The van der Waals surface area contributed by atoms with Gasteiger partial charge in [-0.3, -0.25) is 0 Å². The van der Waals surface area contributed by atoms with Gasteiger partial charge < -0.3 is 5.32 Å². The van der Waals surface area contributed by atoms with Gasteiger partial charge in [0.05, 0.1) is 0 Å². The lowest BCUT2D eigenvalue weighted by atomic mass is 10.1. The highest BCUT2D eigenvalue weighted by molar-refractivity contribution is 7.15. The number of hydrogen-bond acceptors (Lipinski definition) is 3. The summed E-state index contributed by atoms with van der Waals surface area (Å²) in [5.41, 5.74) is 2.53. The summed E-state index contributed by atoms with van der Waals surface area (Å²) in [6, 6.07) is 8.38. The van der Waals surface area contributed by atoms with E-state index in [-0.39, 0.29) is 0 Å². The zero-order valence-corrected chi connectivity index (χ0v) is 10.5. The minimum atomic E-state index is 0.917. The molecule has 0 aliphatic heterocycles. The van der Waals surface area contributed by atoms with Gasteiger partial charge in [-0.25, -0.2) is 4.98 Å². The van der Waals surface area contributed by atoms with Crippen LogP contribution < -0.4 is 5.32 Å². The number of thiazole rings is 1. The van der Waals surface area contributed by atoms with Crippen LogP contribution in [0.15, 0.2) is 30.5 Å². The van der Waals surface area contributed by atoms with Crippen LogP contribution in [0.2, 0.25) is 0 Å². The number of aryl methyl sites for hydroxylation is 1. The van der Waals surface area contributed by atoms with Gasteiger partial charge in [0.25, 0.3) is 0 Å². The van der Waals surface area contributed by atoms with Crippen molar-refractivity contribution < 1.29 is 0 Å². The summed E-state index contributed by atoms with van der Waals surface area (Å²) < 4.78 is 0. The Hall–Kier alpha value is -1.19. The fraction of sp³-hybridized carbons (Fsp3) is 0.308. The molecule has 0 saturated carbocycles. The van der Waals surface area contributed by atoms with E-state index in [0.717, 1.165) is 18.1 Å². The van der Waals surface area contributed by atoms with E-state index in [1.807, 2.05) is 6.20 Å². The van der Waals surface area contributed by atoms with Crippen LogP contribution in [-0.4, -0.2) is 11.5 Å². The van der Waals surface area contributed by atoms with Crippen molar-refractivity contribution in [1.82, 2.24) is 10.3 Å². The Morgan fingerprint density at radius 1 is 1.31 bits per heavy atom. The van der Waals surface area contributed by atoms with Crippen LogP contribution in [0.25, 0.3) is 10.6 Å². The summed E-state index contributed by atoms with van der Waals surface area (Å²) in [6.45, 7) is 6.15. The summed E-state index contributed by atoms with van der Waals surface area (Å²) in [4.78, 5) is 5.77. The van der Waals surface area contributed by atoms with Gasteiger partial charge in [-0.15, -0.1) is 11.3 Å². The SMILES string of the molecule is CCNCc1cnc(-c2ccccc2C)s1. The fourth-order valence-corrected chi connectivity index (χ4v) is 2.55. The molecule has 1 aromatic heterocycles. The van der Waals surface area contributed by atoms with Crippen LogP contribution in [-0.2, 0) is 6.54 Å². The number of aromatic nitrogens is 1. The number of benzene rings is 1. The summed E-state index contributed by atoms with van der Waals surface area (Å²) in [6.07, 6.45) is 1.97. The molecule has 2 nitrogen and oxygen atoms in total. The first-order valence-electron chi connectivity index (χ1n) is 5.52. The first kappa shape index (κ1) is 11.3. The normalized spacial score (nSPS) is 10.6. The average Bonchev–Trinajstić information content (AvgIpc) is 2.75. The highest BCUT2D eigenvalue weighted by Crippen LogP contribution is 2.27. The molecule has 1 aromatic carbocycles. The summed E-state index contributed by atoms with van der Waals surface area (Å²) >= 11 is 1.77. The Balaban J connectivity index is 2.22. The van der Waals surface area contributed by atoms with Gasteiger partial charge in [0, 0.05) is 23.2 Å². The second kappa shape index (κ2) is 5.23. The van der Waals surface area contributed by atoms with Crippen LogP contribution in [0.3, 0.4) is 0 Å². The molecule has 3 heteroatoms. The molecular weight excluding hydrogens is 216 g/mol. The van der Waals surface area contributed by atoms with E-state index in [9.17, 15) is 0 Å². The standard InChI is InChI=1S/C13H16N2S/c1-3-14-8-11-9-15-13(16-11)12-7-5-4-6-10(12)2/h4-7,9,14H,3,8H2,1-2H3. The predicted molar refractivity (Wildman–Crippen MR) is 69.7 cm³/mol. The molecule has 0 atom stereocenters. The van der Waals surface area contributed by atoms with Crippen molar-refractivity contribution >= 4 is 11.3 Å². The lowest BCUT2D eigenvalue weighted by molar-refractivity contribution is 0.734. The van der Waals surface area contributed by atoms with Crippen LogP contribution in [0.5, 0.6) is 0 Å². The maximum Gasteiger partial charge on any atom is 0.123 e. The molecule has 0 saturated heterocycles. The molecule has 0 radical (unpaired) electrons. The van der Waals surface area contributed by atoms with Crippen molar-refractivity contribution in [3.8, 4) is 10.6 Å². The number of nitrogens with one attached hydrogen (secondary N) is 1. The molecule has 2 aromatic rings. The predicted octanol–water partition coefficient (Wildman–Crippen LogP) is 3.23. The average molecular weight is 232 g/mol. The highest BCUT2D eigenvalue weighted by atomic mass is 32.1. The smallest absolute Gasteiger partial charge is 0.123 e. The van der Waals surface area contributed by atoms with E-state index in [1.54, 1.807) is 11.3 Å². The Bertz CT molecular complexity index is 462. The minimum absolute atomic E-state index is 0.917. The first-order valence-corrected chi connectivity index (χ1v) is 6.34. The van der Waals surface area contributed by atoms with Gasteiger partial charge in [-0.05, 0) is 19.0 Å². The fourth-order valence-electron chi connectivity index (χ4n) is 1.57. The van der Waals surface area contributed by atoms with E-state index in [2.05, 4.69) is 48.4 Å². The first-order chi connectivity index (χ1) is 7.81. The number of nitrogens with zero attached hydrogens (tertiary/aromatic N) is 1. The molecule has 0 bridgehead atoms. The van der Waals surface area contributed by atoms with Crippen molar-refractivity contribution in [3.63, 3.8) is 0 Å². The molecule has 0 fully saturated rings. The van der Waals surface area contributed by atoms with Crippen LogP contribution in [0.1, 0.15) is 17.4 Å². The quantitative estimate of drug-likeness (QED) is 0.875. The van der Waals surface area contributed by atoms with Gasteiger partial charge in [0.2, 0.25) is 0 Å². The molecule has 0 unspecified atom stereocenters. The maximum absolute atomic E-state index is 4.48. The van der Waals surface area contributed by atoms with E-state index in [4.69, 9.17) is 0 Å². The van der Waals surface area contributed by atoms with Gasteiger partial charge in [-0.2, -0.15) is 0 Å². The van der Waals surface area contributed by atoms with Crippen molar-refractivity contribution in [2.45, 2.75) is 20.4 Å². The molecule has 0 aliphatic carbocycles. The molecule has 1 N–H and O–H groups in total. The zero-order valence-electron chi connectivity index (χ0n) is 9.66. The van der Waals surface area contributed by atoms with E-state index < -0.39 is 0 Å². The molecule has 1 heterocycles. The van der Waals surface area contributed by atoms with Crippen molar-refractivity contribution in [2.75, 3.05) is 6.54 Å². The van der Waals surface area contributed by atoms with Crippen LogP contribution >= 0.6 is 11.3 Å². The lowest BCUT2D eigenvalue weighted by Crippen LogP contribution is -2.10. The largest absolute Gasteiger partial charge is 0.312 e. The Morgan fingerprint density at radius 2 is 2.12 bits per heavy atom. The maximum atomic E-state index is 4.48. The third-order valence-electron chi connectivity index (χ3n) is 2.48. The molecular formula is C13H16N2S. The number of hydrogen-bond donors (Lipinski definition) is 1. The summed E-state index contributed by atoms with van der Waals surface area (Å²) in [7, 11) is 0. The van der Waals surface area contributed by atoms with Gasteiger partial charge in [0.15, 0.2) is 0 Å². The van der Waals surface area contributed by atoms with Crippen LogP contribution in [0, 0.1) is 6.92 Å². The molecule has 0 aliphatic rings.